The molecule has 0 fully saturated rings. The summed E-state index contributed by atoms with van der Waals surface area (Å²) in [6.45, 7) is 5.04. The zero-order valence-corrected chi connectivity index (χ0v) is 11.7. The molecular formula is C13H15ClN2O3. The number of allylic oxidation sites excluding steroid dienone is 1. The van der Waals surface area contributed by atoms with Crippen molar-refractivity contribution in [3.63, 3.8) is 0 Å². The number of hydrogen-bond acceptors (Lipinski definition) is 5. The summed E-state index contributed by atoms with van der Waals surface area (Å²) in [5.41, 5.74) is 1.17. The second-order valence-corrected chi connectivity index (χ2v) is 4.22. The van der Waals surface area contributed by atoms with Gasteiger partial charge in [-0.1, -0.05) is 11.6 Å². The van der Waals surface area contributed by atoms with Crippen LogP contribution in [0.1, 0.15) is 19.4 Å². The number of carbonyl (C=O) groups excluding carboxylic acids is 1. The Morgan fingerprint density at radius 1 is 1.47 bits per heavy atom. The molecule has 0 bridgehead atoms. The summed E-state index contributed by atoms with van der Waals surface area (Å²) in [6.07, 6.45) is 0. The molecule has 0 aliphatic heterocycles. The van der Waals surface area contributed by atoms with Crippen molar-refractivity contribution in [2.24, 2.45) is 10.2 Å². The van der Waals surface area contributed by atoms with Crippen LogP contribution in [-0.2, 0) is 9.53 Å². The molecule has 5 nitrogen and oxygen atoms in total. The zero-order chi connectivity index (χ0) is 14.4. The molecule has 0 amide bonds. The highest BCUT2D eigenvalue weighted by atomic mass is 35.5. The minimum atomic E-state index is -0.710. The molecule has 0 radical (unpaired) electrons. The normalized spacial score (nSPS) is 12.4. The fraction of sp³-hybridized carbons (Fsp3) is 0.308. The van der Waals surface area contributed by atoms with Crippen LogP contribution >= 0.6 is 11.6 Å². The fourth-order valence-electron chi connectivity index (χ4n) is 1.30. The number of aliphatic hydroxyl groups is 1. The molecular weight excluding hydrogens is 268 g/mol. The van der Waals surface area contributed by atoms with Gasteiger partial charge in [0.05, 0.1) is 12.3 Å². The lowest BCUT2D eigenvalue weighted by molar-refractivity contribution is -0.138. The van der Waals surface area contributed by atoms with Gasteiger partial charge in [-0.3, -0.25) is 0 Å². The van der Waals surface area contributed by atoms with Gasteiger partial charge >= 0.3 is 5.97 Å². The number of hydrogen-bond donors (Lipinski definition) is 1. The lowest BCUT2D eigenvalue weighted by Gasteiger charge is -2.03. The molecule has 1 aromatic carbocycles. The van der Waals surface area contributed by atoms with Gasteiger partial charge in [0.2, 0.25) is 5.70 Å². The first-order valence-corrected chi connectivity index (χ1v) is 6.08. The highest BCUT2D eigenvalue weighted by Gasteiger charge is 2.14. The summed E-state index contributed by atoms with van der Waals surface area (Å²) in [7, 11) is 0. The Labute approximate surface area is 116 Å². The Kier molecular flexibility index (Phi) is 5.51. The van der Waals surface area contributed by atoms with Crippen LogP contribution in [-0.4, -0.2) is 17.7 Å². The minimum absolute atomic E-state index is 0.200. The molecule has 0 atom stereocenters. The Morgan fingerprint density at radius 3 is 2.68 bits per heavy atom. The summed E-state index contributed by atoms with van der Waals surface area (Å²) in [6, 6.07) is 5.08. The van der Waals surface area contributed by atoms with Crippen molar-refractivity contribution in [1.82, 2.24) is 0 Å². The van der Waals surface area contributed by atoms with Crippen LogP contribution in [0.25, 0.3) is 0 Å². The van der Waals surface area contributed by atoms with Crippen molar-refractivity contribution in [2.75, 3.05) is 6.61 Å². The number of carbonyl (C=O) groups is 1. The third kappa shape index (κ3) is 4.37. The molecule has 0 heterocycles. The van der Waals surface area contributed by atoms with Gasteiger partial charge in [-0.25, -0.2) is 4.79 Å². The molecule has 0 aliphatic carbocycles. The summed E-state index contributed by atoms with van der Waals surface area (Å²) in [4.78, 5) is 11.5. The third-order valence-electron chi connectivity index (χ3n) is 2.23. The van der Waals surface area contributed by atoms with Crippen LogP contribution in [0.15, 0.2) is 39.9 Å². The first kappa shape index (κ1) is 15.2. The van der Waals surface area contributed by atoms with Crippen molar-refractivity contribution in [2.45, 2.75) is 20.8 Å². The van der Waals surface area contributed by atoms with Gasteiger partial charge in [0, 0.05) is 5.02 Å². The Bertz CT molecular complexity index is 535. The second kappa shape index (κ2) is 6.89. The Balaban J connectivity index is 3.00. The minimum Gasteiger partial charge on any atom is -0.510 e. The van der Waals surface area contributed by atoms with Crippen LogP contribution in [0, 0.1) is 6.92 Å². The lowest BCUT2D eigenvalue weighted by Crippen LogP contribution is -2.07. The van der Waals surface area contributed by atoms with E-state index < -0.39 is 5.97 Å². The quantitative estimate of drug-likeness (QED) is 0.391. The average molecular weight is 283 g/mol. The molecule has 19 heavy (non-hydrogen) atoms. The standard InChI is InChI=1S/C13H15ClN2O3/c1-4-19-13(18)12(9(3)17)16-15-11-6-5-10(14)7-8(11)2/h5-7,17H,4H2,1-3H3/b12-9+,16-15?. The number of aliphatic hydroxyl groups excluding tert-OH is 1. The van der Waals surface area contributed by atoms with E-state index in [1.54, 1.807) is 25.1 Å². The summed E-state index contributed by atoms with van der Waals surface area (Å²) >= 11 is 5.83. The van der Waals surface area contributed by atoms with E-state index in [-0.39, 0.29) is 18.1 Å². The molecule has 6 heteroatoms. The number of esters is 1. The maximum absolute atomic E-state index is 11.5. The average Bonchev–Trinajstić information content (AvgIpc) is 2.31. The molecule has 1 rings (SSSR count). The van der Waals surface area contributed by atoms with Crippen molar-refractivity contribution < 1.29 is 14.6 Å². The predicted octanol–water partition coefficient (Wildman–Crippen LogP) is 4.08. The molecule has 0 saturated carbocycles. The highest BCUT2D eigenvalue weighted by molar-refractivity contribution is 6.30. The summed E-state index contributed by atoms with van der Waals surface area (Å²) < 4.78 is 4.77. The smallest absolute Gasteiger partial charge is 0.362 e. The second-order valence-electron chi connectivity index (χ2n) is 3.79. The summed E-state index contributed by atoms with van der Waals surface area (Å²) in [5.74, 6) is -0.952. The van der Waals surface area contributed by atoms with E-state index in [2.05, 4.69) is 10.2 Å². The highest BCUT2D eigenvalue weighted by Crippen LogP contribution is 2.23. The number of aryl methyl sites for hydroxylation is 1. The fourth-order valence-corrected chi connectivity index (χ4v) is 1.52. The van der Waals surface area contributed by atoms with Crippen molar-refractivity contribution in [3.8, 4) is 0 Å². The molecule has 1 N–H and O–H groups in total. The van der Waals surface area contributed by atoms with Crippen molar-refractivity contribution in [3.05, 3.63) is 40.2 Å². The van der Waals surface area contributed by atoms with Gasteiger partial charge in [-0.05, 0) is 44.5 Å². The Hall–Kier alpha value is -1.88. The van der Waals surface area contributed by atoms with Crippen LogP contribution in [0.4, 0.5) is 5.69 Å². The van der Waals surface area contributed by atoms with Gasteiger partial charge in [0.15, 0.2) is 0 Å². The maximum atomic E-state index is 11.5. The molecule has 0 aliphatic rings. The van der Waals surface area contributed by atoms with Gasteiger partial charge in [-0.15, -0.1) is 10.2 Å². The van der Waals surface area contributed by atoms with Gasteiger partial charge in [-0.2, -0.15) is 0 Å². The number of rotatable bonds is 4. The predicted molar refractivity (Wildman–Crippen MR) is 72.7 cm³/mol. The number of azo groups is 1. The van der Waals surface area contributed by atoms with Crippen LogP contribution in [0.5, 0.6) is 0 Å². The first-order chi connectivity index (χ1) is 8.95. The van der Waals surface area contributed by atoms with Gasteiger partial charge in [0.25, 0.3) is 0 Å². The molecule has 0 unspecified atom stereocenters. The van der Waals surface area contributed by atoms with Gasteiger partial charge in [0.1, 0.15) is 5.76 Å². The van der Waals surface area contributed by atoms with Crippen LogP contribution < -0.4 is 0 Å². The van der Waals surface area contributed by atoms with E-state index in [0.29, 0.717) is 10.7 Å². The maximum Gasteiger partial charge on any atom is 0.362 e. The first-order valence-electron chi connectivity index (χ1n) is 5.70. The molecule has 1 aromatic rings. The Morgan fingerprint density at radius 2 is 2.16 bits per heavy atom. The molecule has 0 aromatic heterocycles. The van der Waals surface area contributed by atoms with Crippen LogP contribution in [0.3, 0.4) is 0 Å². The van der Waals surface area contributed by atoms with Crippen molar-refractivity contribution in [1.29, 1.82) is 0 Å². The molecule has 0 spiro atoms. The van der Waals surface area contributed by atoms with E-state index in [4.69, 9.17) is 16.3 Å². The molecule has 102 valence electrons. The summed E-state index contributed by atoms with van der Waals surface area (Å²) in [5, 5.41) is 17.7. The zero-order valence-electron chi connectivity index (χ0n) is 11.0. The number of halogens is 1. The lowest BCUT2D eigenvalue weighted by atomic mass is 10.2. The van der Waals surface area contributed by atoms with Crippen molar-refractivity contribution >= 4 is 23.3 Å². The SMILES string of the molecule is CCOC(=O)/C(N=Nc1ccc(Cl)cc1C)=C(/C)O. The topological polar surface area (TPSA) is 71.2 Å². The monoisotopic (exact) mass is 282 g/mol. The molecule has 0 saturated heterocycles. The van der Waals surface area contributed by atoms with Gasteiger partial charge < -0.3 is 9.84 Å². The van der Waals surface area contributed by atoms with E-state index in [9.17, 15) is 9.90 Å². The van der Waals surface area contributed by atoms with E-state index >= 15 is 0 Å². The van der Waals surface area contributed by atoms with Crippen LogP contribution in [0.2, 0.25) is 5.02 Å². The number of benzene rings is 1. The third-order valence-corrected chi connectivity index (χ3v) is 2.46. The largest absolute Gasteiger partial charge is 0.510 e. The van der Waals surface area contributed by atoms with E-state index in [0.717, 1.165) is 5.56 Å². The van der Waals surface area contributed by atoms with E-state index in [1.807, 2.05) is 6.92 Å². The number of ether oxygens (including phenoxy) is 1. The number of nitrogens with zero attached hydrogens (tertiary/aromatic N) is 2. The van der Waals surface area contributed by atoms with E-state index in [1.165, 1.54) is 6.92 Å².